The molecule has 6 heteroatoms. The fraction of sp³-hybridized carbons (Fsp3) is 0.0435. The second kappa shape index (κ2) is 7.11. The number of aromatic hydroxyl groups is 2. The molecule has 0 bridgehead atoms. The standard InChI is InChI=1S/C23H16ClNO4/c1-13-6-2-5-9-19(13)25-22(28)16-8-4-3-7-15(16)17(23(25)29)10-14-11-18(24)21(27)20(26)12-14/h2-12,26-27H,1H3/b17-10-. The van der Waals surface area contributed by atoms with Crippen LogP contribution >= 0.6 is 11.6 Å². The van der Waals surface area contributed by atoms with Gasteiger partial charge in [0.2, 0.25) is 0 Å². The number of hydrogen-bond donors (Lipinski definition) is 2. The van der Waals surface area contributed by atoms with Crippen LogP contribution in [0, 0.1) is 6.92 Å². The summed E-state index contributed by atoms with van der Waals surface area (Å²) < 4.78 is 0. The third-order valence-corrected chi connectivity index (χ3v) is 5.11. The number of rotatable bonds is 2. The van der Waals surface area contributed by atoms with Gasteiger partial charge in [0.15, 0.2) is 11.5 Å². The highest BCUT2D eigenvalue weighted by atomic mass is 35.5. The molecule has 0 spiro atoms. The molecule has 2 N–H and O–H groups in total. The van der Waals surface area contributed by atoms with Crippen molar-refractivity contribution in [2.24, 2.45) is 0 Å². The average Bonchev–Trinajstić information content (AvgIpc) is 2.70. The van der Waals surface area contributed by atoms with Crippen LogP contribution in [0.3, 0.4) is 0 Å². The highest BCUT2D eigenvalue weighted by Gasteiger charge is 2.36. The van der Waals surface area contributed by atoms with E-state index in [1.54, 1.807) is 42.5 Å². The Hall–Kier alpha value is -3.57. The van der Waals surface area contributed by atoms with E-state index in [0.717, 1.165) is 10.5 Å². The van der Waals surface area contributed by atoms with Crippen molar-refractivity contribution in [3.8, 4) is 11.5 Å². The van der Waals surface area contributed by atoms with Gasteiger partial charge in [0.1, 0.15) is 0 Å². The van der Waals surface area contributed by atoms with Gasteiger partial charge in [-0.2, -0.15) is 0 Å². The van der Waals surface area contributed by atoms with Gasteiger partial charge in [0.25, 0.3) is 11.8 Å². The Morgan fingerprint density at radius 1 is 0.897 bits per heavy atom. The maximum Gasteiger partial charge on any atom is 0.265 e. The molecule has 0 aliphatic carbocycles. The van der Waals surface area contributed by atoms with Gasteiger partial charge in [-0.25, -0.2) is 4.90 Å². The summed E-state index contributed by atoms with van der Waals surface area (Å²) in [6.07, 6.45) is 1.55. The van der Waals surface area contributed by atoms with Crippen molar-refractivity contribution in [3.05, 3.63) is 87.9 Å². The molecule has 1 aliphatic heterocycles. The number of fused-ring (bicyclic) bond motifs is 1. The summed E-state index contributed by atoms with van der Waals surface area (Å²) in [7, 11) is 0. The van der Waals surface area contributed by atoms with E-state index in [9.17, 15) is 19.8 Å². The number of amides is 2. The van der Waals surface area contributed by atoms with Gasteiger partial charge < -0.3 is 10.2 Å². The maximum atomic E-state index is 13.4. The summed E-state index contributed by atoms with van der Waals surface area (Å²) in [5.41, 5.74) is 2.90. The first-order valence-electron chi connectivity index (χ1n) is 8.85. The molecular formula is C23H16ClNO4. The molecule has 0 saturated carbocycles. The lowest BCUT2D eigenvalue weighted by Crippen LogP contribution is -2.42. The van der Waals surface area contributed by atoms with E-state index >= 15 is 0 Å². The second-order valence-electron chi connectivity index (χ2n) is 6.71. The molecule has 5 nitrogen and oxygen atoms in total. The van der Waals surface area contributed by atoms with Gasteiger partial charge in [-0.15, -0.1) is 0 Å². The lowest BCUT2D eigenvalue weighted by Gasteiger charge is -2.29. The van der Waals surface area contributed by atoms with Gasteiger partial charge >= 0.3 is 0 Å². The predicted octanol–water partition coefficient (Wildman–Crippen LogP) is 4.79. The number of aryl methyl sites for hydroxylation is 1. The summed E-state index contributed by atoms with van der Waals surface area (Å²) in [6, 6.07) is 16.8. The second-order valence-corrected chi connectivity index (χ2v) is 7.11. The zero-order valence-electron chi connectivity index (χ0n) is 15.4. The van der Waals surface area contributed by atoms with E-state index in [1.807, 2.05) is 19.1 Å². The van der Waals surface area contributed by atoms with Crippen molar-refractivity contribution in [2.75, 3.05) is 4.90 Å². The topological polar surface area (TPSA) is 77.8 Å². The molecule has 4 rings (SSSR count). The minimum absolute atomic E-state index is 0.0415. The number of hydrogen-bond acceptors (Lipinski definition) is 4. The SMILES string of the molecule is Cc1ccccc1N1C(=O)/C(=C\c2cc(O)c(O)c(Cl)c2)c2ccccc2C1=O. The van der Waals surface area contributed by atoms with Crippen LogP contribution in [-0.2, 0) is 4.79 Å². The van der Waals surface area contributed by atoms with Crippen LogP contribution in [-0.4, -0.2) is 22.0 Å². The molecule has 0 aromatic heterocycles. The summed E-state index contributed by atoms with van der Waals surface area (Å²) in [5, 5.41) is 19.5. The Morgan fingerprint density at radius 2 is 1.55 bits per heavy atom. The van der Waals surface area contributed by atoms with Crippen molar-refractivity contribution in [3.63, 3.8) is 0 Å². The normalized spacial score (nSPS) is 15.0. The zero-order chi connectivity index (χ0) is 20.7. The number of carbonyl (C=O) groups is 2. The van der Waals surface area contributed by atoms with Crippen LogP contribution in [0.1, 0.15) is 27.0 Å². The molecular weight excluding hydrogens is 390 g/mol. The predicted molar refractivity (Wildman–Crippen MR) is 112 cm³/mol. The van der Waals surface area contributed by atoms with E-state index in [0.29, 0.717) is 22.4 Å². The first-order chi connectivity index (χ1) is 13.9. The minimum atomic E-state index is -0.480. The minimum Gasteiger partial charge on any atom is -0.504 e. The highest BCUT2D eigenvalue weighted by molar-refractivity contribution is 6.43. The lowest BCUT2D eigenvalue weighted by molar-refractivity contribution is -0.112. The molecule has 0 fully saturated rings. The molecule has 2 amide bonds. The number of carbonyl (C=O) groups excluding carboxylic acids is 2. The Kier molecular flexibility index (Phi) is 4.60. The number of anilines is 1. The number of benzene rings is 3. The van der Waals surface area contributed by atoms with Crippen molar-refractivity contribution >= 4 is 40.8 Å². The van der Waals surface area contributed by atoms with Crippen LogP contribution in [0.5, 0.6) is 11.5 Å². The van der Waals surface area contributed by atoms with Gasteiger partial charge in [-0.05, 0) is 54.0 Å². The zero-order valence-corrected chi connectivity index (χ0v) is 16.1. The smallest absolute Gasteiger partial charge is 0.265 e. The highest BCUT2D eigenvalue weighted by Crippen LogP contribution is 2.38. The average molecular weight is 406 g/mol. The number of halogens is 1. The third kappa shape index (κ3) is 3.15. The van der Waals surface area contributed by atoms with Crippen molar-refractivity contribution < 1.29 is 19.8 Å². The molecule has 0 unspecified atom stereocenters. The molecule has 1 aliphatic rings. The van der Waals surface area contributed by atoms with Crippen molar-refractivity contribution in [1.82, 2.24) is 0 Å². The molecule has 29 heavy (non-hydrogen) atoms. The third-order valence-electron chi connectivity index (χ3n) is 4.82. The number of para-hydroxylation sites is 1. The van der Waals surface area contributed by atoms with Gasteiger partial charge in [-0.3, -0.25) is 9.59 Å². The summed E-state index contributed by atoms with van der Waals surface area (Å²) in [4.78, 5) is 27.7. The quantitative estimate of drug-likeness (QED) is 0.365. The Bertz CT molecular complexity index is 1180. The van der Waals surface area contributed by atoms with E-state index in [2.05, 4.69) is 0 Å². The van der Waals surface area contributed by atoms with Crippen molar-refractivity contribution in [1.29, 1.82) is 0 Å². The van der Waals surface area contributed by atoms with Gasteiger partial charge in [0, 0.05) is 11.1 Å². The van der Waals surface area contributed by atoms with E-state index < -0.39 is 23.3 Å². The monoisotopic (exact) mass is 405 g/mol. The molecule has 0 saturated heterocycles. The summed E-state index contributed by atoms with van der Waals surface area (Å²) in [6.45, 7) is 1.83. The Balaban J connectivity index is 1.94. The van der Waals surface area contributed by atoms with Crippen molar-refractivity contribution in [2.45, 2.75) is 6.92 Å². The Morgan fingerprint density at radius 3 is 2.24 bits per heavy atom. The van der Waals surface area contributed by atoms with Gasteiger partial charge in [0.05, 0.1) is 10.7 Å². The summed E-state index contributed by atoms with van der Waals surface area (Å²) in [5.74, 6) is -1.70. The number of phenolic OH excluding ortho intramolecular Hbond substituents is 2. The first kappa shape index (κ1) is 18.8. The molecule has 0 atom stereocenters. The fourth-order valence-corrected chi connectivity index (χ4v) is 3.60. The van der Waals surface area contributed by atoms with Crippen LogP contribution in [0.25, 0.3) is 11.6 Å². The largest absolute Gasteiger partial charge is 0.504 e. The van der Waals surface area contributed by atoms with E-state index in [1.165, 1.54) is 12.1 Å². The van der Waals surface area contributed by atoms with E-state index in [-0.39, 0.29) is 10.6 Å². The maximum absolute atomic E-state index is 13.4. The lowest BCUT2D eigenvalue weighted by atomic mass is 9.91. The van der Waals surface area contributed by atoms with Crippen LogP contribution in [0.4, 0.5) is 5.69 Å². The molecule has 1 heterocycles. The molecule has 3 aromatic carbocycles. The molecule has 3 aromatic rings. The number of nitrogens with zero attached hydrogens (tertiary/aromatic N) is 1. The molecule has 0 radical (unpaired) electrons. The van der Waals surface area contributed by atoms with Gasteiger partial charge in [-0.1, -0.05) is 48.0 Å². The van der Waals surface area contributed by atoms with Crippen LogP contribution in [0.15, 0.2) is 60.7 Å². The van der Waals surface area contributed by atoms with E-state index in [4.69, 9.17) is 11.6 Å². The summed E-state index contributed by atoms with van der Waals surface area (Å²) >= 11 is 5.95. The van der Waals surface area contributed by atoms with Crippen LogP contribution in [0.2, 0.25) is 5.02 Å². The fourth-order valence-electron chi connectivity index (χ4n) is 3.38. The molecule has 144 valence electrons. The van der Waals surface area contributed by atoms with Crippen LogP contribution < -0.4 is 4.90 Å². The first-order valence-corrected chi connectivity index (χ1v) is 9.23. The Labute approximate surface area is 172 Å². The number of imide groups is 1. The number of phenols is 2.